The van der Waals surface area contributed by atoms with Crippen LogP contribution in [-0.4, -0.2) is 4.57 Å². The van der Waals surface area contributed by atoms with Crippen LogP contribution < -0.4 is 4.90 Å². The zero-order chi connectivity index (χ0) is 33.0. The highest BCUT2D eigenvalue weighted by Crippen LogP contribution is 2.45. The van der Waals surface area contributed by atoms with Crippen molar-refractivity contribution in [3.63, 3.8) is 0 Å². The van der Waals surface area contributed by atoms with Crippen LogP contribution in [0, 0.1) is 0 Å². The van der Waals surface area contributed by atoms with Gasteiger partial charge in [-0.05, 0) is 102 Å². The van der Waals surface area contributed by atoms with Gasteiger partial charge in [0.25, 0.3) is 0 Å². The molecule has 0 N–H and O–H groups in total. The van der Waals surface area contributed by atoms with Crippen molar-refractivity contribution in [1.82, 2.24) is 4.57 Å². The van der Waals surface area contributed by atoms with E-state index in [-0.39, 0.29) is 0 Å². The maximum atomic E-state index is 2.45. The first-order chi connectivity index (χ1) is 24.8. The van der Waals surface area contributed by atoms with Crippen LogP contribution in [0.2, 0.25) is 0 Å². The van der Waals surface area contributed by atoms with Crippen LogP contribution in [0.25, 0.3) is 58.8 Å². The van der Waals surface area contributed by atoms with E-state index in [1.54, 1.807) is 0 Å². The van der Waals surface area contributed by atoms with Crippen LogP contribution >= 0.6 is 11.3 Å². The Labute approximate surface area is 296 Å². The summed E-state index contributed by atoms with van der Waals surface area (Å²) in [6.45, 7) is 0. The summed E-state index contributed by atoms with van der Waals surface area (Å²) in [6.07, 6.45) is 5.32. The van der Waals surface area contributed by atoms with Gasteiger partial charge in [0.15, 0.2) is 0 Å². The first-order valence-electron chi connectivity index (χ1n) is 17.8. The minimum atomic E-state index is 0.697. The van der Waals surface area contributed by atoms with Crippen LogP contribution in [0.3, 0.4) is 0 Å². The van der Waals surface area contributed by atoms with Gasteiger partial charge in [0.05, 0.1) is 16.7 Å². The fourth-order valence-corrected chi connectivity index (χ4v) is 9.46. The number of anilines is 3. The van der Waals surface area contributed by atoms with Crippen molar-refractivity contribution >= 4 is 70.4 Å². The largest absolute Gasteiger partial charge is 0.310 e. The predicted molar refractivity (Wildman–Crippen MR) is 215 cm³/mol. The maximum absolute atomic E-state index is 2.45. The Morgan fingerprint density at radius 3 is 1.68 bits per heavy atom. The normalized spacial score (nSPS) is 13.6. The SMILES string of the molecule is c1ccc2c(c1)sc1cccc(N(c3ccc(-c4ccc(-n5c6ccccc6c6ccccc65)cc4)cc3)c3ccc(C4CCCC4)cc3)c12. The molecule has 10 rings (SSSR count). The molecule has 0 aliphatic heterocycles. The molecule has 0 spiro atoms. The highest BCUT2D eigenvalue weighted by atomic mass is 32.1. The maximum Gasteiger partial charge on any atom is 0.0554 e. The molecule has 7 aromatic carbocycles. The van der Waals surface area contributed by atoms with Crippen LogP contribution in [0.1, 0.15) is 37.2 Å². The summed E-state index contributed by atoms with van der Waals surface area (Å²) in [7, 11) is 0. The Balaban J connectivity index is 1.04. The highest BCUT2D eigenvalue weighted by molar-refractivity contribution is 7.26. The number of hydrogen-bond acceptors (Lipinski definition) is 2. The van der Waals surface area contributed by atoms with Gasteiger partial charge in [-0.3, -0.25) is 0 Å². The molecule has 240 valence electrons. The Morgan fingerprint density at radius 1 is 0.480 bits per heavy atom. The van der Waals surface area contributed by atoms with Crippen molar-refractivity contribution in [1.29, 1.82) is 0 Å². The Kier molecular flexibility index (Phi) is 7.06. The molecule has 1 saturated carbocycles. The standard InChI is InChI=1S/C47H36N2S/c1-2-11-32(10-1)33-20-26-36(27-21-33)48(44-17-9-19-46-47(44)41-14-5-8-18-45(41)50-46)37-28-22-34(23-29-37)35-24-30-38(31-25-35)49-42-15-6-3-12-39(42)40-13-4-7-16-43(40)49/h3-9,12-32H,1-2,10-11H2. The van der Waals surface area contributed by atoms with Gasteiger partial charge in [0.2, 0.25) is 0 Å². The zero-order valence-electron chi connectivity index (χ0n) is 27.8. The van der Waals surface area contributed by atoms with Gasteiger partial charge in [-0.25, -0.2) is 0 Å². The molecule has 0 bridgehead atoms. The van der Waals surface area contributed by atoms with E-state index in [9.17, 15) is 0 Å². The van der Waals surface area contributed by atoms with Crippen LogP contribution in [0.5, 0.6) is 0 Å². The third-order valence-electron chi connectivity index (χ3n) is 10.8. The zero-order valence-corrected chi connectivity index (χ0v) is 28.6. The lowest BCUT2D eigenvalue weighted by molar-refractivity contribution is 0.723. The van der Waals surface area contributed by atoms with Crippen molar-refractivity contribution in [3.8, 4) is 16.8 Å². The quantitative estimate of drug-likeness (QED) is 0.172. The predicted octanol–water partition coefficient (Wildman–Crippen LogP) is 13.9. The lowest BCUT2D eigenvalue weighted by Crippen LogP contribution is -2.10. The van der Waals surface area contributed by atoms with E-state index in [2.05, 4.69) is 173 Å². The lowest BCUT2D eigenvalue weighted by atomic mass is 9.97. The molecule has 1 aliphatic rings. The van der Waals surface area contributed by atoms with Gasteiger partial charge in [0.1, 0.15) is 0 Å². The number of aromatic nitrogens is 1. The monoisotopic (exact) mass is 660 g/mol. The molecule has 2 nitrogen and oxygen atoms in total. The van der Waals surface area contributed by atoms with Crippen LogP contribution in [0.15, 0.2) is 164 Å². The number of rotatable bonds is 6. The summed E-state index contributed by atoms with van der Waals surface area (Å²) in [5, 5.41) is 5.20. The highest BCUT2D eigenvalue weighted by Gasteiger charge is 2.21. The summed E-state index contributed by atoms with van der Waals surface area (Å²) in [5.41, 5.74) is 11.1. The molecular weight excluding hydrogens is 625 g/mol. The van der Waals surface area contributed by atoms with Crippen molar-refractivity contribution in [3.05, 3.63) is 169 Å². The number of nitrogens with zero attached hydrogens (tertiary/aromatic N) is 2. The second-order valence-corrected chi connectivity index (χ2v) is 14.7. The first-order valence-corrected chi connectivity index (χ1v) is 18.6. The van der Waals surface area contributed by atoms with Gasteiger partial charge < -0.3 is 9.47 Å². The molecule has 2 aromatic heterocycles. The summed E-state index contributed by atoms with van der Waals surface area (Å²) in [6, 6.07) is 60.5. The van der Waals surface area contributed by atoms with Crippen molar-refractivity contribution in [2.45, 2.75) is 31.6 Å². The summed E-state index contributed by atoms with van der Waals surface area (Å²) >= 11 is 1.88. The molecule has 2 heterocycles. The van der Waals surface area contributed by atoms with Crippen LogP contribution in [-0.2, 0) is 0 Å². The van der Waals surface area contributed by atoms with Gasteiger partial charge in [-0.15, -0.1) is 11.3 Å². The minimum Gasteiger partial charge on any atom is -0.310 e. The van der Waals surface area contributed by atoms with Gasteiger partial charge in [0, 0.05) is 48.0 Å². The average Bonchev–Trinajstić information content (AvgIpc) is 3.93. The second-order valence-electron chi connectivity index (χ2n) is 13.6. The van der Waals surface area contributed by atoms with E-state index >= 15 is 0 Å². The second kappa shape index (κ2) is 12.0. The van der Waals surface area contributed by atoms with E-state index in [4.69, 9.17) is 0 Å². The Morgan fingerprint density at radius 2 is 1.02 bits per heavy atom. The molecule has 0 saturated heterocycles. The summed E-state index contributed by atoms with van der Waals surface area (Å²) < 4.78 is 5.02. The number of thiophene rings is 1. The van der Waals surface area contributed by atoms with Gasteiger partial charge >= 0.3 is 0 Å². The van der Waals surface area contributed by atoms with Gasteiger partial charge in [-0.2, -0.15) is 0 Å². The molecular formula is C47H36N2S. The fourth-order valence-electron chi connectivity index (χ4n) is 8.33. The van der Waals surface area contributed by atoms with E-state index in [1.165, 1.54) is 101 Å². The molecule has 3 heteroatoms. The molecule has 0 atom stereocenters. The first kappa shape index (κ1) is 29.3. The third-order valence-corrected chi connectivity index (χ3v) is 11.9. The molecule has 1 fully saturated rings. The summed E-state index contributed by atoms with van der Waals surface area (Å²) in [4.78, 5) is 2.45. The molecule has 9 aromatic rings. The number of benzene rings is 7. The Bertz CT molecular complexity index is 2580. The topological polar surface area (TPSA) is 8.17 Å². The lowest BCUT2D eigenvalue weighted by Gasteiger charge is -2.27. The molecule has 50 heavy (non-hydrogen) atoms. The smallest absolute Gasteiger partial charge is 0.0554 e. The number of hydrogen-bond donors (Lipinski definition) is 0. The van der Waals surface area contributed by atoms with Crippen LogP contribution in [0.4, 0.5) is 17.1 Å². The number of para-hydroxylation sites is 2. The number of fused-ring (bicyclic) bond motifs is 6. The van der Waals surface area contributed by atoms with E-state index in [1.807, 2.05) is 11.3 Å². The van der Waals surface area contributed by atoms with E-state index in [0.717, 1.165) is 5.69 Å². The molecule has 0 amide bonds. The molecule has 0 unspecified atom stereocenters. The summed E-state index contributed by atoms with van der Waals surface area (Å²) in [5.74, 6) is 0.697. The molecule has 0 radical (unpaired) electrons. The van der Waals surface area contributed by atoms with Gasteiger partial charge in [-0.1, -0.05) is 110 Å². The third kappa shape index (κ3) is 4.84. The molecule has 1 aliphatic carbocycles. The van der Waals surface area contributed by atoms with Crippen molar-refractivity contribution in [2.75, 3.05) is 4.90 Å². The average molecular weight is 661 g/mol. The minimum absolute atomic E-state index is 0.697. The fraction of sp³-hybridized carbons (Fsp3) is 0.106. The van der Waals surface area contributed by atoms with E-state index < -0.39 is 0 Å². The van der Waals surface area contributed by atoms with E-state index in [0.29, 0.717) is 5.92 Å². The van der Waals surface area contributed by atoms with Crippen molar-refractivity contribution < 1.29 is 0 Å². The Hall–Kier alpha value is -5.64. The van der Waals surface area contributed by atoms with Crippen molar-refractivity contribution in [2.24, 2.45) is 0 Å².